The summed E-state index contributed by atoms with van der Waals surface area (Å²) in [6, 6.07) is 0. The van der Waals surface area contributed by atoms with Gasteiger partial charge in [0.25, 0.3) is 0 Å². The van der Waals surface area contributed by atoms with E-state index in [0.717, 1.165) is 29.1 Å². The second-order valence-electron chi connectivity index (χ2n) is 6.94. The standard InChI is InChI=1S/C15H27N/c1-3-14(10-16-2)15-7-11-4-12(8-15)6-13(5-11)9-15/h11-14,16H,3-10H2,1-2H3. The Morgan fingerprint density at radius 1 is 1.06 bits per heavy atom. The van der Waals surface area contributed by atoms with Crippen LogP contribution in [0.2, 0.25) is 0 Å². The van der Waals surface area contributed by atoms with E-state index in [4.69, 9.17) is 0 Å². The lowest BCUT2D eigenvalue weighted by atomic mass is 9.46. The molecule has 0 aromatic carbocycles. The smallest absolute Gasteiger partial charge is 0.00183 e. The van der Waals surface area contributed by atoms with E-state index in [1.807, 2.05) is 0 Å². The van der Waals surface area contributed by atoms with Crippen molar-refractivity contribution in [3.8, 4) is 0 Å². The lowest BCUT2D eigenvalue weighted by molar-refractivity contribution is -0.0872. The fourth-order valence-electron chi connectivity index (χ4n) is 5.72. The minimum absolute atomic E-state index is 0.756. The summed E-state index contributed by atoms with van der Waals surface area (Å²) in [4.78, 5) is 0. The SMILES string of the molecule is CCC(CNC)C12CC3CC(CC(C3)C1)C2. The Bertz CT molecular complexity index is 223. The average molecular weight is 221 g/mol. The lowest BCUT2D eigenvalue weighted by Gasteiger charge is -2.59. The van der Waals surface area contributed by atoms with E-state index in [2.05, 4.69) is 19.3 Å². The molecule has 92 valence electrons. The van der Waals surface area contributed by atoms with Crippen LogP contribution in [-0.2, 0) is 0 Å². The second kappa shape index (κ2) is 4.01. The maximum atomic E-state index is 3.44. The Labute approximate surface area is 100 Å². The number of rotatable bonds is 4. The zero-order chi connectivity index (χ0) is 11.2. The molecule has 16 heavy (non-hydrogen) atoms. The molecule has 1 nitrogen and oxygen atoms in total. The molecule has 4 aliphatic rings. The largest absolute Gasteiger partial charge is 0.319 e. The van der Waals surface area contributed by atoms with Crippen molar-refractivity contribution in [3.05, 3.63) is 0 Å². The Kier molecular flexibility index (Phi) is 2.78. The number of hydrogen-bond acceptors (Lipinski definition) is 1. The fourth-order valence-corrected chi connectivity index (χ4v) is 5.72. The van der Waals surface area contributed by atoms with Crippen LogP contribution < -0.4 is 5.32 Å². The van der Waals surface area contributed by atoms with Crippen molar-refractivity contribution in [2.45, 2.75) is 51.9 Å². The monoisotopic (exact) mass is 221 g/mol. The molecule has 0 aromatic heterocycles. The molecule has 4 bridgehead atoms. The second-order valence-corrected chi connectivity index (χ2v) is 6.94. The molecule has 0 aliphatic heterocycles. The van der Waals surface area contributed by atoms with E-state index < -0.39 is 0 Å². The first-order valence-electron chi connectivity index (χ1n) is 7.40. The first-order chi connectivity index (χ1) is 7.75. The number of nitrogens with one attached hydrogen (secondary N) is 1. The van der Waals surface area contributed by atoms with Gasteiger partial charge in [-0.1, -0.05) is 13.3 Å². The molecular formula is C15H27N. The van der Waals surface area contributed by atoms with Gasteiger partial charge in [-0.3, -0.25) is 0 Å². The van der Waals surface area contributed by atoms with E-state index in [1.165, 1.54) is 13.0 Å². The van der Waals surface area contributed by atoms with Crippen molar-refractivity contribution in [3.63, 3.8) is 0 Å². The van der Waals surface area contributed by atoms with Crippen LogP contribution in [0.5, 0.6) is 0 Å². The van der Waals surface area contributed by atoms with Crippen LogP contribution in [0.15, 0.2) is 0 Å². The minimum atomic E-state index is 0.756. The van der Waals surface area contributed by atoms with Gasteiger partial charge in [0.2, 0.25) is 0 Å². The van der Waals surface area contributed by atoms with E-state index in [0.29, 0.717) is 0 Å². The van der Waals surface area contributed by atoms with Gasteiger partial charge in [-0.25, -0.2) is 0 Å². The fraction of sp³-hybridized carbons (Fsp3) is 1.00. The van der Waals surface area contributed by atoms with Crippen LogP contribution in [0.4, 0.5) is 0 Å². The molecule has 1 heteroatoms. The van der Waals surface area contributed by atoms with E-state index in [-0.39, 0.29) is 0 Å². The van der Waals surface area contributed by atoms with E-state index in [1.54, 1.807) is 38.5 Å². The maximum absolute atomic E-state index is 3.44. The zero-order valence-electron chi connectivity index (χ0n) is 11.0. The molecule has 1 unspecified atom stereocenters. The van der Waals surface area contributed by atoms with Crippen LogP contribution in [-0.4, -0.2) is 13.6 Å². The molecule has 0 aromatic rings. The van der Waals surface area contributed by atoms with Crippen molar-refractivity contribution < 1.29 is 0 Å². The normalized spacial score (nSPS) is 47.2. The highest BCUT2D eigenvalue weighted by Crippen LogP contribution is 2.63. The highest BCUT2D eigenvalue weighted by atomic mass is 14.8. The van der Waals surface area contributed by atoms with Gasteiger partial charge < -0.3 is 5.32 Å². The summed E-state index contributed by atoms with van der Waals surface area (Å²) in [5, 5.41) is 3.44. The van der Waals surface area contributed by atoms with Gasteiger partial charge in [0.05, 0.1) is 0 Å². The van der Waals surface area contributed by atoms with Gasteiger partial charge in [0.1, 0.15) is 0 Å². The summed E-state index contributed by atoms with van der Waals surface area (Å²) in [6.07, 6.45) is 10.8. The molecule has 0 heterocycles. The van der Waals surface area contributed by atoms with Crippen LogP contribution in [0.25, 0.3) is 0 Å². The Morgan fingerprint density at radius 3 is 1.94 bits per heavy atom. The summed E-state index contributed by atoms with van der Waals surface area (Å²) >= 11 is 0. The van der Waals surface area contributed by atoms with Gasteiger partial charge in [0.15, 0.2) is 0 Å². The quantitative estimate of drug-likeness (QED) is 0.766. The van der Waals surface area contributed by atoms with Gasteiger partial charge >= 0.3 is 0 Å². The summed E-state index contributed by atoms with van der Waals surface area (Å²) in [5.74, 6) is 4.28. The third-order valence-corrected chi connectivity index (χ3v) is 5.89. The van der Waals surface area contributed by atoms with Crippen LogP contribution >= 0.6 is 0 Å². The Hall–Kier alpha value is -0.0400. The lowest BCUT2D eigenvalue weighted by Crippen LogP contribution is -2.51. The molecular weight excluding hydrogens is 194 g/mol. The summed E-state index contributed by atoms with van der Waals surface area (Å²) < 4.78 is 0. The van der Waals surface area contributed by atoms with Crippen LogP contribution in [0.1, 0.15) is 51.9 Å². The molecule has 1 N–H and O–H groups in total. The van der Waals surface area contributed by atoms with Crippen LogP contribution in [0.3, 0.4) is 0 Å². The average Bonchev–Trinajstić information content (AvgIpc) is 2.23. The third-order valence-electron chi connectivity index (χ3n) is 5.89. The molecule has 4 aliphatic carbocycles. The van der Waals surface area contributed by atoms with E-state index in [9.17, 15) is 0 Å². The molecule has 0 saturated heterocycles. The van der Waals surface area contributed by atoms with Gasteiger partial charge in [-0.05, 0) is 81.2 Å². The molecule has 0 spiro atoms. The van der Waals surface area contributed by atoms with Gasteiger partial charge in [-0.2, -0.15) is 0 Å². The van der Waals surface area contributed by atoms with Crippen molar-refractivity contribution >= 4 is 0 Å². The van der Waals surface area contributed by atoms with Crippen molar-refractivity contribution in [2.75, 3.05) is 13.6 Å². The zero-order valence-corrected chi connectivity index (χ0v) is 11.0. The maximum Gasteiger partial charge on any atom is -0.00183 e. The molecule has 0 amide bonds. The minimum Gasteiger partial charge on any atom is -0.319 e. The van der Waals surface area contributed by atoms with Crippen molar-refractivity contribution in [1.82, 2.24) is 5.32 Å². The number of hydrogen-bond donors (Lipinski definition) is 1. The predicted octanol–water partition coefficient (Wildman–Crippen LogP) is 3.45. The first kappa shape index (κ1) is 11.1. The van der Waals surface area contributed by atoms with Crippen LogP contribution in [0, 0.1) is 29.1 Å². The Balaban J connectivity index is 1.81. The van der Waals surface area contributed by atoms with Crippen molar-refractivity contribution in [2.24, 2.45) is 29.1 Å². The molecule has 4 fully saturated rings. The predicted molar refractivity (Wildman–Crippen MR) is 68.3 cm³/mol. The van der Waals surface area contributed by atoms with Gasteiger partial charge in [0, 0.05) is 0 Å². The summed E-state index contributed by atoms with van der Waals surface area (Å²) in [6.45, 7) is 3.66. The molecule has 4 saturated carbocycles. The highest BCUT2D eigenvalue weighted by molar-refractivity contribution is 5.04. The molecule has 0 radical (unpaired) electrons. The summed E-state index contributed by atoms with van der Waals surface area (Å²) in [5.41, 5.74) is 0.756. The summed E-state index contributed by atoms with van der Waals surface area (Å²) in [7, 11) is 2.13. The highest BCUT2D eigenvalue weighted by Gasteiger charge is 2.53. The first-order valence-corrected chi connectivity index (χ1v) is 7.40. The molecule has 1 atom stereocenters. The van der Waals surface area contributed by atoms with Crippen molar-refractivity contribution in [1.29, 1.82) is 0 Å². The molecule has 4 rings (SSSR count). The Morgan fingerprint density at radius 2 is 1.56 bits per heavy atom. The van der Waals surface area contributed by atoms with Gasteiger partial charge in [-0.15, -0.1) is 0 Å². The third kappa shape index (κ3) is 1.63. The van der Waals surface area contributed by atoms with E-state index >= 15 is 0 Å². The topological polar surface area (TPSA) is 12.0 Å².